The van der Waals surface area contributed by atoms with Gasteiger partial charge in [0.05, 0.1) is 5.69 Å². The molecular weight excluding hydrogens is 499 g/mol. The number of ether oxygens (including phenoxy) is 1. The van der Waals surface area contributed by atoms with E-state index in [1.54, 1.807) is 0 Å². The number of carbonyl (C=O) groups excluding carboxylic acids is 1. The molecule has 0 spiro atoms. The molecule has 1 aromatic heterocycles. The van der Waals surface area contributed by atoms with Crippen molar-refractivity contribution in [1.82, 2.24) is 14.8 Å². The third kappa shape index (κ3) is 7.19. The van der Waals surface area contributed by atoms with E-state index in [2.05, 4.69) is 25.3 Å². The number of hydrogen-bond donors (Lipinski definition) is 1. The zero-order valence-corrected chi connectivity index (χ0v) is 20.6. The SMILES string of the molecule is Cc1cccc(C)c1NC(=O)O/N=C/CCc1ccc(-c2ncn(-c3ccc(OC(F)(F)F)cc3)n2)cc1. The molecule has 0 bridgehead atoms. The van der Waals surface area contributed by atoms with Gasteiger partial charge in [-0.15, -0.1) is 18.3 Å². The number of hydrogen-bond acceptors (Lipinski definition) is 6. The Bertz CT molecular complexity index is 1400. The molecule has 196 valence electrons. The summed E-state index contributed by atoms with van der Waals surface area (Å²) in [5, 5.41) is 10.8. The molecule has 0 atom stereocenters. The van der Waals surface area contributed by atoms with Crippen LogP contribution in [0.3, 0.4) is 0 Å². The first-order chi connectivity index (χ1) is 18.2. The number of halogens is 3. The molecule has 0 fully saturated rings. The fraction of sp³-hybridized carbons (Fsp3) is 0.185. The van der Waals surface area contributed by atoms with E-state index in [1.807, 2.05) is 56.3 Å². The van der Waals surface area contributed by atoms with Crippen molar-refractivity contribution in [3.8, 4) is 22.8 Å². The number of oxime groups is 1. The number of alkyl halides is 3. The molecule has 38 heavy (non-hydrogen) atoms. The predicted molar refractivity (Wildman–Crippen MR) is 136 cm³/mol. The number of anilines is 1. The largest absolute Gasteiger partial charge is 0.573 e. The number of aryl methyl sites for hydroxylation is 3. The van der Waals surface area contributed by atoms with Gasteiger partial charge in [-0.2, -0.15) is 0 Å². The molecule has 1 heterocycles. The molecule has 4 aromatic rings. The van der Waals surface area contributed by atoms with E-state index in [4.69, 9.17) is 4.84 Å². The van der Waals surface area contributed by atoms with Crippen LogP contribution in [0.5, 0.6) is 5.75 Å². The third-order valence-electron chi connectivity index (χ3n) is 5.52. The Hall–Kier alpha value is -4.67. The third-order valence-corrected chi connectivity index (χ3v) is 5.52. The minimum absolute atomic E-state index is 0.311. The fourth-order valence-corrected chi connectivity index (χ4v) is 3.65. The van der Waals surface area contributed by atoms with Crippen LogP contribution >= 0.6 is 0 Å². The Kier molecular flexibility index (Phi) is 8.05. The number of aromatic nitrogens is 3. The Morgan fingerprint density at radius 2 is 1.71 bits per heavy atom. The van der Waals surface area contributed by atoms with Crippen LogP contribution in [0, 0.1) is 13.8 Å². The van der Waals surface area contributed by atoms with Gasteiger partial charge in [0.15, 0.2) is 5.82 Å². The highest BCUT2D eigenvalue weighted by atomic mass is 19.4. The van der Waals surface area contributed by atoms with Gasteiger partial charge >= 0.3 is 12.5 Å². The van der Waals surface area contributed by atoms with Crippen LogP contribution in [-0.4, -0.2) is 33.4 Å². The number of amides is 1. The summed E-state index contributed by atoms with van der Waals surface area (Å²) in [5.74, 6) is 0.159. The highest BCUT2D eigenvalue weighted by molar-refractivity contribution is 5.86. The molecule has 4 rings (SSSR count). The molecule has 0 aliphatic rings. The summed E-state index contributed by atoms with van der Waals surface area (Å²) < 4.78 is 42.3. The van der Waals surface area contributed by atoms with E-state index in [0.29, 0.717) is 30.0 Å². The second-order valence-corrected chi connectivity index (χ2v) is 8.35. The maximum Gasteiger partial charge on any atom is 0.573 e. The maximum absolute atomic E-state index is 12.3. The molecule has 11 heteroatoms. The maximum atomic E-state index is 12.3. The highest BCUT2D eigenvalue weighted by Gasteiger charge is 2.31. The lowest BCUT2D eigenvalue weighted by Gasteiger charge is -2.09. The number of benzene rings is 3. The van der Waals surface area contributed by atoms with Crippen molar-refractivity contribution in [2.45, 2.75) is 33.1 Å². The summed E-state index contributed by atoms with van der Waals surface area (Å²) >= 11 is 0. The quantitative estimate of drug-likeness (QED) is 0.159. The van der Waals surface area contributed by atoms with Crippen LogP contribution in [0.15, 0.2) is 78.2 Å². The minimum atomic E-state index is -4.74. The molecule has 0 aliphatic carbocycles. The van der Waals surface area contributed by atoms with Gasteiger partial charge in [0.1, 0.15) is 12.1 Å². The number of carbonyl (C=O) groups is 1. The molecule has 1 N–H and O–H groups in total. The summed E-state index contributed by atoms with van der Waals surface area (Å²) in [6.45, 7) is 3.80. The Balaban J connectivity index is 1.26. The fourth-order valence-electron chi connectivity index (χ4n) is 3.65. The number of nitrogens with one attached hydrogen (secondary N) is 1. The average molecular weight is 524 g/mol. The van der Waals surface area contributed by atoms with Crippen molar-refractivity contribution < 1.29 is 27.5 Å². The summed E-state index contributed by atoms with van der Waals surface area (Å²) in [4.78, 5) is 21.1. The standard InChI is InChI=1S/C27H24F3N5O3/c1-18-5-3-6-19(2)24(18)33-26(36)38-32-16-4-7-20-8-10-21(11-9-20)25-31-17-35(34-25)22-12-14-23(15-13-22)37-27(28,29)30/h3,5-6,8-17H,4,7H2,1-2H3,(H,33,36)/b32-16+. The van der Waals surface area contributed by atoms with Gasteiger partial charge in [0.2, 0.25) is 0 Å². The average Bonchev–Trinajstić information content (AvgIpc) is 3.36. The van der Waals surface area contributed by atoms with Gasteiger partial charge in [-0.05, 0) is 67.6 Å². The predicted octanol–water partition coefficient (Wildman–Crippen LogP) is 6.62. The monoisotopic (exact) mass is 523 g/mol. The Labute approximate surface area is 216 Å². The van der Waals surface area contributed by atoms with Gasteiger partial charge < -0.3 is 4.74 Å². The van der Waals surface area contributed by atoms with E-state index >= 15 is 0 Å². The van der Waals surface area contributed by atoms with Gasteiger partial charge in [0.25, 0.3) is 0 Å². The van der Waals surface area contributed by atoms with E-state index < -0.39 is 12.5 Å². The Morgan fingerprint density at radius 3 is 2.37 bits per heavy atom. The minimum Gasteiger partial charge on any atom is -0.406 e. The highest BCUT2D eigenvalue weighted by Crippen LogP contribution is 2.24. The molecule has 1 amide bonds. The lowest BCUT2D eigenvalue weighted by atomic mass is 10.1. The molecule has 8 nitrogen and oxygen atoms in total. The summed E-state index contributed by atoms with van der Waals surface area (Å²) in [6, 6.07) is 18.7. The zero-order chi connectivity index (χ0) is 27.1. The van der Waals surface area contributed by atoms with Crippen LogP contribution in [-0.2, 0) is 11.3 Å². The van der Waals surface area contributed by atoms with Gasteiger partial charge in [-0.1, -0.05) is 47.6 Å². The van der Waals surface area contributed by atoms with Crippen molar-refractivity contribution in [2.75, 3.05) is 5.32 Å². The van der Waals surface area contributed by atoms with Crippen LogP contribution in [0.1, 0.15) is 23.1 Å². The number of para-hydroxylation sites is 1. The first-order valence-corrected chi connectivity index (χ1v) is 11.6. The first kappa shape index (κ1) is 26.4. The van der Waals surface area contributed by atoms with Crippen LogP contribution < -0.4 is 10.1 Å². The second kappa shape index (κ2) is 11.6. The van der Waals surface area contributed by atoms with E-state index in [1.165, 1.54) is 41.5 Å². The normalized spacial score (nSPS) is 11.5. The van der Waals surface area contributed by atoms with Crippen molar-refractivity contribution in [3.05, 3.63) is 89.7 Å². The summed E-state index contributed by atoms with van der Waals surface area (Å²) in [5.41, 5.74) is 4.94. The first-order valence-electron chi connectivity index (χ1n) is 11.6. The van der Waals surface area contributed by atoms with Gasteiger partial charge in [0, 0.05) is 17.5 Å². The molecule has 0 saturated carbocycles. The van der Waals surface area contributed by atoms with Crippen molar-refractivity contribution in [1.29, 1.82) is 0 Å². The van der Waals surface area contributed by atoms with E-state index in [-0.39, 0.29) is 5.75 Å². The molecular formula is C27H24F3N5O3. The lowest BCUT2D eigenvalue weighted by Crippen LogP contribution is -2.17. The topological polar surface area (TPSA) is 90.6 Å². The van der Waals surface area contributed by atoms with Crippen LogP contribution in [0.4, 0.5) is 23.7 Å². The molecule has 0 aliphatic heterocycles. The van der Waals surface area contributed by atoms with Crippen molar-refractivity contribution >= 4 is 18.0 Å². The van der Waals surface area contributed by atoms with E-state index in [9.17, 15) is 18.0 Å². The Morgan fingerprint density at radius 1 is 1.03 bits per heavy atom. The van der Waals surface area contributed by atoms with Crippen molar-refractivity contribution in [2.24, 2.45) is 5.16 Å². The van der Waals surface area contributed by atoms with Crippen LogP contribution in [0.25, 0.3) is 17.1 Å². The van der Waals surface area contributed by atoms with E-state index in [0.717, 1.165) is 22.3 Å². The molecule has 0 saturated heterocycles. The summed E-state index contributed by atoms with van der Waals surface area (Å²) in [7, 11) is 0. The van der Waals surface area contributed by atoms with Gasteiger partial charge in [-0.25, -0.2) is 14.5 Å². The lowest BCUT2D eigenvalue weighted by molar-refractivity contribution is -0.274. The summed E-state index contributed by atoms with van der Waals surface area (Å²) in [6.07, 6.45) is -1.13. The van der Waals surface area contributed by atoms with Gasteiger partial charge in [-0.3, -0.25) is 10.2 Å². The second-order valence-electron chi connectivity index (χ2n) is 8.35. The molecule has 0 radical (unpaired) electrons. The van der Waals surface area contributed by atoms with Crippen LogP contribution in [0.2, 0.25) is 0 Å². The molecule has 0 unspecified atom stereocenters. The zero-order valence-electron chi connectivity index (χ0n) is 20.6. The smallest absolute Gasteiger partial charge is 0.406 e. The number of rotatable bonds is 8. The molecule has 3 aromatic carbocycles. The number of nitrogens with zero attached hydrogens (tertiary/aromatic N) is 4. The van der Waals surface area contributed by atoms with Crippen molar-refractivity contribution in [3.63, 3.8) is 0 Å².